The number of ether oxygens (including phenoxy) is 2. The molecule has 1 N–H and O–H groups in total. The summed E-state index contributed by atoms with van der Waals surface area (Å²) in [7, 11) is 1.49. The molecule has 0 radical (unpaired) electrons. The maximum Gasteiger partial charge on any atom is 0.339 e. The Balaban J connectivity index is 2.71. The van der Waals surface area contributed by atoms with Crippen LogP contribution in [-0.4, -0.2) is 24.8 Å². The van der Waals surface area contributed by atoms with Crippen molar-refractivity contribution in [3.05, 3.63) is 47.1 Å². The van der Waals surface area contributed by atoms with Crippen molar-refractivity contribution in [3.8, 4) is 11.5 Å². The van der Waals surface area contributed by atoms with E-state index in [0.717, 1.165) is 12.8 Å². The molecule has 1 aromatic rings. The minimum atomic E-state index is -1.03. The Bertz CT molecular complexity index is 566. The van der Waals surface area contributed by atoms with Crippen LogP contribution in [0.25, 0.3) is 0 Å². The Labute approximate surface area is 132 Å². The summed E-state index contributed by atoms with van der Waals surface area (Å²) in [6, 6.07) is 4.83. The van der Waals surface area contributed by atoms with E-state index in [1.807, 2.05) is 13.0 Å². The second kappa shape index (κ2) is 8.93. The second-order valence-corrected chi connectivity index (χ2v) is 5.32. The highest BCUT2D eigenvalue weighted by atomic mass is 16.5. The van der Waals surface area contributed by atoms with Crippen molar-refractivity contribution in [3.63, 3.8) is 0 Å². The highest BCUT2D eigenvalue weighted by Gasteiger charge is 2.15. The molecular weight excluding hydrogens is 280 g/mol. The van der Waals surface area contributed by atoms with Gasteiger partial charge in [0, 0.05) is 0 Å². The zero-order chi connectivity index (χ0) is 16.5. The summed E-state index contributed by atoms with van der Waals surface area (Å²) in [5, 5.41) is 9.20. The van der Waals surface area contributed by atoms with Crippen molar-refractivity contribution in [2.45, 2.75) is 33.6 Å². The van der Waals surface area contributed by atoms with Crippen LogP contribution in [0.1, 0.15) is 44.0 Å². The van der Waals surface area contributed by atoms with Gasteiger partial charge in [0.05, 0.1) is 7.11 Å². The molecule has 0 atom stereocenters. The summed E-state index contributed by atoms with van der Waals surface area (Å²) in [5.74, 6) is -0.334. The molecule has 0 unspecified atom stereocenters. The van der Waals surface area contributed by atoms with E-state index in [1.165, 1.54) is 24.3 Å². The van der Waals surface area contributed by atoms with E-state index in [0.29, 0.717) is 12.4 Å². The minimum Gasteiger partial charge on any atom is -0.493 e. The van der Waals surface area contributed by atoms with Gasteiger partial charge in [0.1, 0.15) is 12.2 Å². The summed E-state index contributed by atoms with van der Waals surface area (Å²) >= 11 is 0. The molecule has 4 heteroatoms. The van der Waals surface area contributed by atoms with Crippen LogP contribution in [0, 0.1) is 0 Å². The van der Waals surface area contributed by atoms with Gasteiger partial charge in [-0.25, -0.2) is 4.79 Å². The molecule has 1 rings (SSSR count). The van der Waals surface area contributed by atoms with E-state index in [-0.39, 0.29) is 11.3 Å². The molecule has 4 nitrogen and oxygen atoms in total. The molecule has 120 valence electrons. The number of para-hydroxylation sites is 1. The molecule has 0 aromatic heterocycles. The topological polar surface area (TPSA) is 55.8 Å². The molecule has 0 aliphatic rings. The zero-order valence-electron chi connectivity index (χ0n) is 13.7. The van der Waals surface area contributed by atoms with Gasteiger partial charge in [0.25, 0.3) is 0 Å². The number of carboxylic acids is 1. The molecule has 0 bridgehead atoms. The number of rotatable bonds is 8. The lowest BCUT2D eigenvalue weighted by Crippen LogP contribution is -2.05. The van der Waals surface area contributed by atoms with E-state index in [9.17, 15) is 9.90 Å². The molecule has 0 aliphatic heterocycles. The lowest BCUT2D eigenvalue weighted by molar-refractivity contribution is 0.0692. The van der Waals surface area contributed by atoms with Crippen molar-refractivity contribution in [2.24, 2.45) is 0 Å². The van der Waals surface area contributed by atoms with E-state index in [2.05, 4.69) is 19.9 Å². The predicted molar refractivity (Wildman–Crippen MR) is 87.9 cm³/mol. The maximum atomic E-state index is 11.2. The van der Waals surface area contributed by atoms with Gasteiger partial charge in [0.15, 0.2) is 11.5 Å². The van der Waals surface area contributed by atoms with E-state index < -0.39 is 5.97 Å². The first-order valence-electron chi connectivity index (χ1n) is 7.27. The van der Waals surface area contributed by atoms with E-state index in [4.69, 9.17) is 9.47 Å². The van der Waals surface area contributed by atoms with Gasteiger partial charge in [-0.2, -0.15) is 0 Å². The van der Waals surface area contributed by atoms with Crippen LogP contribution >= 0.6 is 0 Å². The molecule has 0 spiro atoms. The standard InChI is InChI=1S/C18H24O4/c1-13(2)7-5-8-14(3)11-12-22-17-15(18(19)20)9-6-10-16(17)21-4/h6-7,9-11H,5,8,12H2,1-4H3,(H,19,20)/b14-11+. The molecule has 22 heavy (non-hydrogen) atoms. The lowest BCUT2D eigenvalue weighted by atomic mass is 10.1. The zero-order valence-corrected chi connectivity index (χ0v) is 13.7. The van der Waals surface area contributed by atoms with Gasteiger partial charge in [-0.3, -0.25) is 0 Å². The van der Waals surface area contributed by atoms with Crippen LogP contribution in [0.15, 0.2) is 41.5 Å². The monoisotopic (exact) mass is 304 g/mol. The van der Waals surface area contributed by atoms with Crippen LogP contribution in [-0.2, 0) is 0 Å². The number of methoxy groups -OCH3 is 1. The molecule has 0 saturated heterocycles. The molecule has 1 aromatic carbocycles. The first-order chi connectivity index (χ1) is 10.5. The predicted octanol–water partition coefficient (Wildman–Crippen LogP) is 4.46. The minimum absolute atomic E-state index is 0.106. The van der Waals surface area contributed by atoms with Crippen molar-refractivity contribution < 1.29 is 19.4 Å². The normalized spacial score (nSPS) is 11.0. The molecule has 0 saturated carbocycles. The fraction of sp³-hybridized carbons (Fsp3) is 0.389. The van der Waals surface area contributed by atoms with Gasteiger partial charge in [-0.05, 0) is 51.8 Å². The van der Waals surface area contributed by atoms with Gasteiger partial charge in [0.2, 0.25) is 0 Å². The van der Waals surface area contributed by atoms with Crippen LogP contribution in [0.4, 0.5) is 0 Å². The molecule has 0 heterocycles. The average Bonchev–Trinajstić information content (AvgIpc) is 2.46. The maximum absolute atomic E-state index is 11.2. The molecular formula is C18H24O4. The Morgan fingerprint density at radius 3 is 2.55 bits per heavy atom. The van der Waals surface area contributed by atoms with Gasteiger partial charge >= 0.3 is 5.97 Å². The first-order valence-corrected chi connectivity index (χ1v) is 7.27. The largest absolute Gasteiger partial charge is 0.493 e. The van der Waals surface area contributed by atoms with Crippen LogP contribution < -0.4 is 9.47 Å². The van der Waals surface area contributed by atoms with E-state index >= 15 is 0 Å². The Morgan fingerprint density at radius 2 is 1.95 bits per heavy atom. The summed E-state index contributed by atoms with van der Waals surface area (Å²) in [4.78, 5) is 11.2. The highest BCUT2D eigenvalue weighted by molar-refractivity contribution is 5.92. The van der Waals surface area contributed by atoms with Gasteiger partial charge in [-0.1, -0.05) is 23.3 Å². The fourth-order valence-corrected chi connectivity index (χ4v) is 1.95. The summed E-state index contributed by atoms with van der Waals surface area (Å²) < 4.78 is 10.8. The average molecular weight is 304 g/mol. The Hall–Kier alpha value is -2.23. The summed E-state index contributed by atoms with van der Waals surface area (Å²) in [5.41, 5.74) is 2.63. The van der Waals surface area contributed by atoms with Crippen LogP contribution in [0.3, 0.4) is 0 Å². The molecule has 0 aliphatic carbocycles. The second-order valence-electron chi connectivity index (χ2n) is 5.32. The van der Waals surface area contributed by atoms with E-state index in [1.54, 1.807) is 12.1 Å². The van der Waals surface area contributed by atoms with Crippen LogP contribution in [0.2, 0.25) is 0 Å². The molecule has 0 amide bonds. The number of benzene rings is 1. The first kappa shape index (κ1) is 17.8. The summed E-state index contributed by atoms with van der Waals surface area (Å²) in [6.07, 6.45) is 6.13. The number of aromatic carboxylic acids is 1. The third kappa shape index (κ3) is 5.64. The van der Waals surface area contributed by atoms with Crippen molar-refractivity contribution in [2.75, 3.05) is 13.7 Å². The SMILES string of the molecule is COc1cccc(C(=O)O)c1OC/C=C(\C)CCC=C(C)C. The van der Waals surface area contributed by atoms with Crippen LogP contribution in [0.5, 0.6) is 11.5 Å². The smallest absolute Gasteiger partial charge is 0.339 e. The number of allylic oxidation sites excluding steroid dienone is 3. The van der Waals surface area contributed by atoms with Crippen molar-refractivity contribution in [1.82, 2.24) is 0 Å². The number of carbonyl (C=O) groups is 1. The number of carboxylic acid groups (broad SMARTS) is 1. The third-order valence-electron chi connectivity index (χ3n) is 3.18. The van der Waals surface area contributed by atoms with Gasteiger partial charge < -0.3 is 14.6 Å². The lowest BCUT2D eigenvalue weighted by Gasteiger charge is -2.12. The van der Waals surface area contributed by atoms with Gasteiger partial charge in [-0.15, -0.1) is 0 Å². The Morgan fingerprint density at radius 1 is 1.23 bits per heavy atom. The summed E-state index contributed by atoms with van der Waals surface area (Å²) in [6.45, 7) is 6.53. The van der Waals surface area contributed by atoms with Crippen molar-refractivity contribution >= 4 is 5.97 Å². The highest BCUT2D eigenvalue weighted by Crippen LogP contribution is 2.31. The quantitative estimate of drug-likeness (QED) is 0.720. The molecule has 0 fully saturated rings. The number of hydrogen-bond acceptors (Lipinski definition) is 3. The third-order valence-corrected chi connectivity index (χ3v) is 3.18. The fourth-order valence-electron chi connectivity index (χ4n) is 1.95. The van der Waals surface area contributed by atoms with Crippen molar-refractivity contribution in [1.29, 1.82) is 0 Å². The number of hydrogen-bond donors (Lipinski definition) is 1. The Kier molecular flexibility index (Phi) is 7.23.